The number of thiophene rings is 1. The third kappa shape index (κ3) is 2.91. The molecule has 0 aliphatic rings. The average molecular weight is 343 g/mol. The molecule has 3 rings (SSSR count). The lowest BCUT2D eigenvalue weighted by molar-refractivity contribution is -0.136. The summed E-state index contributed by atoms with van der Waals surface area (Å²) in [4.78, 5) is 7.94. The largest absolute Gasteiger partial charge is 0.494 e. The van der Waals surface area contributed by atoms with Gasteiger partial charge in [0.05, 0.1) is 23.7 Å². The molecule has 1 N–H and O–H groups in total. The Morgan fingerprint density at radius 3 is 2.70 bits per heavy atom. The number of ether oxygens (including phenoxy) is 1. The quantitative estimate of drug-likeness (QED) is 0.706. The number of rotatable bonds is 3. The van der Waals surface area contributed by atoms with Crippen molar-refractivity contribution in [1.82, 2.24) is 9.97 Å². The Bertz CT molecular complexity index is 863. The Balaban J connectivity index is 2.12. The van der Waals surface area contributed by atoms with Gasteiger partial charge in [0.15, 0.2) is 0 Å². The van der Waals surface area contributed by atoms with Crippen LogP contribution in [0.5, 0.6) is 5.75 Å². The molecule has 1 aromatic carbocycles. The van der Waals surface area contributed by atoms with Crippen LogP contribution in [0.15, 0.2) is 29.9 Å². The average Bonchev–Trinajstić information content (AvgIpc) is 2.94. The van der Waals surface area contributed by atoms with Gasteiger partial charge in [-0.2, -0.15) is 13.2 Å². The van der Waals surface area contributed by atoms with Crippen LogP contribution in [0.25, 0.3) is 10.2 Å². The maximum Gasteiger partial charge on any atom is 0.418 e. The Hall–Kier alpha value is -2.42. The van der Waals surface area contributed by atoms with Gasteiger partial charge in [-0.1, -0.05) is 0 Å². The Morgan fingerprint density at radius 2 is 2.00 bits per heavy atom. The SMILES string of the molecule is COc1cc(F)ccc1Nc1ncnc2scc(C(F)(F)F)c12. The molecular formula is C14H9F4N3OS. The number of aromatic nitrogens is 2. The predicted molar refractivity (Wildman–Crippen MR) is 78.7 cm³/mol. The highest BCUT2D eigenvalue weighted by molar-refractivity contribution is 7.17. The highest BCUT2D eigenvalue weighted by atomic mass is 32.1. The molecule has 0 unspecified atom stereocenters. The third-order valence-corrected chi connectivity index (χ3v) is 3.98. The zero-order chi connectivity index (χ0) is 16.6. The van der Waals surface area contributed by atoms with Gasteiger partial charge in [-0.05, 0) is 12.1 Å². The number of fused-ring (bicyclic) bond motifs is 1. The summed E-state index contributed by atoms with van der Waals surface area (Å²) in [7, 11) is 1.33. The van der Waals surface area contributed by atoms with Crippen molar-refractivity contribution in [3.63, 3.8) is 0 Å². The second kappa shape index (κ2) is 5.65. The monoisotopic (exact) mass is 343 g/mol. The molecule has 9 heteroatoms. The van der Waals surface area contributed by atoms with E-state index in [0.717, 1.165) is 29.1 Å². The van der Waals surface area contributed by atoms with Gasteiger partial charge in [0.2, 0.25) is 0 Å². The summed E-state index contributed by atoms with van der Waals surface area (Å²) in [5.41, 5.74) is -0.519. The van der Waals surface area contributed by atoms with E-state index in [1.165, 1.54) is 19.2 Å². The standard InChI is InChI=1S/C14H9F4N3OS/c1-22-10-4-7(15)2-3-9(10)21-12-11-8(14(16,17)18)5-23-13(11)20-6-19-12/h2-6H,1H3,(H,19,20,21). The molecule has 0 saturated heterocycles. The van der Waals surface area contributed by atoms with E-state index in [1.807, 2.05) is 0 Å². The van der Waals surface area contributed by atoms with Crippen LogP contribution >= 0.6 is 11.3 Å². The van der Waals surface area contributed by atoms with E-state index in [-0.39, 0.29) is 21.8 Å². The van der Waals surface area contributed by atoms with Crippen molar-refractivity contribution in [3.05, 3.63) is 41.3 Å². The zero-order valence-electron chi connectivity index (χ0n) is 11.6. The van der Waals surface area contributed by atoms with E-state index in [0.29, 0.717) is 5.69 Å². The minimum absolute atomic E-state index is 0.0199. The van der Waals surface area contributed by atoms with Gasteiger partial charge in [-0.15, -0.1) is 11.3 Å². The van der Waals surface area contributed by atoms with Gasteiger partial charge in [-0.3, -0.25) is 0 Å². The van der Waals surface area contributed by atoms with Crippen LogP contribution in [-0.4, -0.2) is 17.1 Å². The summed E-state index contributed by atoms with van der Waals surface area (Å²) >= 11 is 0.876. The van der Waals surface area contributed by atoms with Crippen molar-refractivity contribution in [1.29, 1.82) is 0 Å². The molecule has 0 atom stereocenters. The number of anilines is 2. The second-order valence-corrected chi connectivity index (χ2v) is 5.38. The lowest BCUT2D eigenvalue weighted by Crippen LogP contribution is -2.06. The summed E-state index contributed by atoms with van der Waals surface area (Å²) in [5.74, 6) is -0.388. The van der Waals surface area contributed by atoms with E-state index in [1.54, 1.807) is 0 Å². The fourth-order valence-electron chi connectivity index (χ4n) is 2.07. The molecule has 0 aliphatic heterocycles. The summed E-state index contributed by atoms with van der Waals surface area (Å²) < 4.78 is 57.6. The van der Waals surface area contributed by atoms with Gasteiger partial charge in [0.1, 0.15) is 28.5 Å². The summed E-state index contributed by atoms with van der Waals surface area (Å²) in [6.45, 7) is 0. The highest BCUT2D eigenvalue weighted by Gasteiger charge is 2.35. The van der Waals surface area contributed by atoms with Gasteiger partial charge in [0.25, 0.3) is 0 Å². The molecular weight excluding hydrogens is 334 g/mol. The summed E-state index contributed by atoms with van der Waals surface area (Å²) in [6, 6.07) is 3.66. The van der Waals surface area contributed by atoms with Crippen LogP contribution in [0.3, 0.4) is 0 Å². The number of hydrogen-bond acceptors (Lipinski definition) is 5. The van der Waals surface area contributed by atoms with Crippen molar-refractivity contribution in [2.45, 2.75) is 6.18 Å². The number of benzene rings is 1. The van der Waals surface area contributed by atoms with Gasteiger partial charge in [0, 0.05) is 11.4 Å². The number of alkyl halides is 3. The minimum atomic E-state index is -4.52. The Kier molecular flexibility index (Phi) is 3.80. The molecule has 23 heavy (non-hydrogen) atoms. The first-order valence-electron chi connectivity index (χ1n) is 6.30. The first-order chi connectivity index (χ1) is 10.9. The van der Waals surface area contributed by atoms with Crippen molar-refractivity contribution >= 4 is 33.1 Å². The minimum Gasteiger partial charge on any atom is -0.494 e. The molecule has 3 aromatic rings. The van der Waals surface area contributed by atoms with Gasteiger partial charge >= 0.3 is 6.18 Å². The zero-order valence-corrected chi connectivity index (χ0v) is 12.4. The lowest BCUT2D eigenvalue weighted by Gasteiger charge is -2.12. The molecule has 4 nitrogen and oxygen atoms in total. The van der Waals surface area contributed by atoms with Gasteiger partial charge < -0.3 is 10.1 Å². The number of nitrogens with zero attached hydrogens (tertiary/aromatic N) is 2. The van der Waals surface area contributed by atoms with Crippen LogP contribution < -0.4 is 10.1 Å². The van der Waals surface area contributed by atoms with E-state index < -0.39 is 17.6 Å². The summed E-state index contributed by atoms with van der Waals surface area (Å²) in [6.07, 6.45) is -3.36. The molecule has 0 radical (unpaired) electrons. The van der Waals surface area contributed by atoms with E-state index in [4.69, 9.17) is 4.74 Å². The summed E-state index contributed by atoms with van der Waals surface area (Å²) in [5, 5.41) is 3.62. The molecule has 120 valence electrons. The maximum absolute atomic E-state index is 13.2. The fourth-order valence-corrected chi connectivity index (χ4v) is 2.99. The molecule has 0 bridgehead atoms. The van der Waals surface area contributed by atoms with Crippen molar-refractivity contribution in [2.75, 3.05) is 12.4 Å². The van der Waals surface area contributed by atoms with Gasteiger partial charge in [-0.25, -0.2) is 14.4 Å². The number of halogens is 4. The van der Waals surface area contributed by atoms with Crippen molar-refractivity contribution < 1.29 is 22.3 Å². The molecule has 0 aliphatic carbocycles. The number of hydrogen-bond donors (Lipinski definition) is 1. The highest BCUT2D eigenvalue weighted by Crippen LogP contribution is 2.41. The van der Waals surface area contributed by atoms with Crippen LogP contribution in [0.4, 0.5) is 29.1 Å². The molecule has 0 fully saturated rings. The van der Waals surface area contributed by atoms with Crippen molar-refractivity contribution in [3.8, 4) is 5.75 Å². The first kappa shape index (κ1) is 15.5. The maximum atomic E-state index is 13.2. The molecule has 0 amide bonds. The Labute approximate surface area is 131 Å². The molecule has 2 aromatic heterocycles. The van der Waals surface area contributed by atoms with E-state index in [2.05, 4.69) is 15.3 Å². The number of nitrogens with one attached hydrogen (secondary N) is 1. The lowest BCUT2D eigenvalue weighted by atomic mass is 10.2. The smallest absolute Gasteiger partial charge is 0.418 e. The fraction of sp³-hybridized carbons (Fsp3) is 0.143. The van der Waals surface area contributed by atoms with Crippen molar-refractivity contribution in [2.24, 2.45) is 0 Å². The first-order valence-corrected chi connectivity index (χ1v) is 7.18. The number of methoxy groups -OCH3 is 1. The third-order valence-electron chi connectivity index (χ3n) is 3.09. The van der Waals surface area contributed by atoms with E-state index >= 15 is 0 Å². The van der Waals surface area contributed by atoms with Crippen LogP contribution in [0.1, 0.15) is 5.56 Å². The second-order valence-electron chi connectivity index (χ2n) is 4.52. The van der Waals surface area contributed by atoms with Crippen LogP contribution in [-0.2, 0) is 6.18 Å². The molecule has 0 saturated carbocycles. The van der Waals surface area contributed by atoms with E-state index in [9.17, 15) is 17.6 Å². The normalized spacial score (nSPS) is 11.7. The topological polar surface area (TPSA) is 47.0 Å². The predicted octanol–water partition coefficient (Wildman–Crippen LogP) is 4.60. The van der Waals surface area contributed by atoms with Crippen LogP contribution in [0, 0.1) is 5.82 Å². The Morgan fingerprint density at radius 1 is 1.22 bits per heavy atom. The molecule has 0 spiro atoms. The molecule has 2 heterocycles. The van der Waals surface area contributed by atoms with Crippen LogP contribution in [0.2, 0.25) is 0 Å².